The van der Waals surface area contributed by atoms with E-state index in [-0.39, 0.29) is 5.91 Å². The van der Waals surface area contributed by atoms with Crippen molar-refractivity contribution >= 4 is 17.6 Å². The predicted molar refractivity (Wildman–Crippen MR) is 107 cm³/mol. The number of nitrogens with zero attached hydrogens (tertiary/aromatic N) is 1. The summed E-state index contributed by atoms with van der Waals surface area (Å²) in [6.45, 7) is 0. The van der Waals surface area contributed by atoms with E-state index in [2.05, 4.69) is 0 Å². The molecule has 4 rings (SSSR count). The Hall–Kier alpha value is -3.80. The van der Waals surface area contributed by atoms with Crippen molar-refractivity contribution in [3.63, 3.8) is 0 Å². The number of rotatable bonds is 4. The molecule has 1 atom stereocenters. The Labute approximate surface area is 168 Å². The van der Waals surface area contributed by atoms with Crippen LogP contribution in [0.2, 0.25) is 0 Å². The first-order valence-electron chi connectivity index (χ1n) is 9.04. The minimum atomic E-state index is -0.891. The number of anilines is 1. The van der Waals surface area contributed by atoms with Gasteiger partial charge in [0.1, 0.15) is 11.5 Å². The molecule has 0 saturated heterocycles. The molecule has 1 heterocycles. The van der Waals surface area contributed by atoms with Gasteiger partial charge in [-0.1, -0.05) is 12.1 Å². The molecule has 29 heavy (non-hydrogen) atoms. The largest absolute Gasteiger partial charge is 0.497 e. The van der Waals surface area contributed by atoms with Crippen molar-refractivity contribution in [3.05, 3.63) is 89.5 Å². The molecule has 3 aromatic rings. The molecule has 0 spiro atoms. The summed E-state index contributed by atoms with van der Waals surface area (Å²) in [6, 6.07) is 20.8. The highest BCUT2D eigenvalue weighted by Gasteiger charge is 2.38. The number of methoxy groups -OCH3 is 2. The second kappa shape index (κ2) is 7.67. The molecule has 6 heteroatoms. The van der Waals surface area contributed by atoms with E-state index >= 15 is 0 Å². The van der Waals surface area contributed by atoms with Gasteiger partial charge in [0.2, 0.25) is 6.23 Å². The van der Waals surface area contributed by atoms with Crippen LogP contribution in [-0.2, 0) is 4.74 Å². The highest BCUT2D eigenvalue weighted by molar-refractivity contribution is 6.11. The number of carbonyl (C=O) groups excluding carboxylic acids is 2. The zero-order chi connectivity index (χ0) is 20.4. The van der Waals surface area contributed by atoms with E-state index in [1.165, 1.54) is 4.90 Å². The summed E-state index contributed by atoms with van der Waals surface area (Å²) in [5, 5.41) is 0. The van der Waals surface area contributed by atoms with Crippen LogP contribution in [0.3, 0.4) is 0 Å². The molecule has 0 aliphatic carbocycles. The summed E-state index contributed by atoms with van der Waals surface area (Å²) < 4.78 is 16.0. The highest BCUT2D eigenvalue weighted by Crippen LogP contribution is 2.38. The van der Waals surface area contributed by atoms with E-state index < -0.39 is 12.2 Å². The van der Waals surface area contributed by atoms with Gasteiger partial charge in [-0.25, -0.2) is 4.79 Å². The number of benzene rings is 3. The molecule has 0 saturated carbocycles. The summed E-state index contributed by atoms with van der Waals surface area (Å²) in [5.41, 5.74) is 1.97. The topological polar surface area (TPSA) is 65.1 Å². The number of hydrogen-bond donors (Lipinski definition) is 0. The highest BCUT2D eigenvalue weighted by atomic mass is 16.6. The lowest BCUT2D eigenvalue weighted by Crippen LogP contribution is -2.41. The summed E-state index contributed by atoms with van der Waals surface area (Å²) in [6.07, 6.45) is -0.891. The third-order valence-corrected chi connectivity index (χ3v) is 4.79. The van der Waals surface area contributed by atoms with Crippen LogP contribution in [0.25, 0.3) is 0 Å². The molecule has 3 aromatic carbocycles. The van der Waals surface area contributed by atoms with E-state index in [1.54, 1.807) is 87.0 Å². The average molecular weight is 389 g/mol. The van der Waals surface area contributed by atoms with Gasteiger partial charge in [0.05, 0.1) is 25.5 Å². The first-order valence-corrected chi connectivity index (χ1v) is 9.04. The number of ether oxygens (including phenoxy) is 3. The molecule has 0 radical (unpaired) electrons. The van der Waals surface area contributed by atoms with Crippen molar-refractivity contribution in [1.82, 2.24) is 0 Å². The first kappa shape index (κ1) is 18.6. The van der Waals surface area contributed by atoms with Gasteiger partial charge in [-0.05, 0) is 60.7 Å². The molecule has 6 nitrogen and oxygen atoms in total. The summed E-state index contributed by atoms with van der Waals surface area (Å²) in [4.78, 5) is 27.5. The van der Waals surface area contributed by atoms with Crippen LogP contribution in [0.15, 0.2) is 72.8 Å². The minimum Gasteiger partial charge on any atom is -0.497 e. The van der Waals surface area contributed by atoms with Crippen LogP contribution in [0.1, 0.15) is 32.5 Å². The van der Waals surface area contributed by atoms with E-state index in [1.807, 2.05) is 0 Å². The van der Waals surface area contributed by atoms with Crippen molar-refractivity contribution in [2.45, 2.75) is 6.23 Å². The molecule has 0 fully saturated rings. The van der Waals surface area contributed by atoms with Gasteiger partial charge >= 0.3 is 5.97 Å². The monoisotopic (exact) mass is 389 g/mol. The van der Waals surface area contributed by atoms with E-state index in [0.717, 1.165) is 0 Å². The van der Waals surface area contributed by atoms with Crippen LogP contribution < -0.4 is 14.4 Å². The van der Waals surface area contributed by atoms with Crippen molar-refractivity contribution in [2.24, 2.45) is 0 Å². The molecule has 1 amide bonds. The maximum Gasteiger partial charge on any atom is 0.342 e. The SMILES string of the molecule is COc1ccc(C(=O)N2c3ccccc3C(=O)OC2c2ccc(OC)cc2)cc1. The zero-order valence-electron chi connectivity index (χ0n) is 16.0. The maximum atomic E-state index is 13.4. The van der Waals surface area contributed by atoms with E-state index in [0.29, 0.717) is 33.9 Å². The molecule has 1 aliphatic heterocycles. The van der Waals surface area contributed by atoms with Gasteiger partial charge in [0, 0.05) is 11.1 Å². The number of amides is 1. The van der Waals surface area contributed by atoms with Gasteiger partial charge in [0.15, 0.2) is 0 Å². The Kier molecular flexibility index (Phi) is 4.91. The fourth-order valence-corrected chi connectivity index (χ4v) is 3.27. The van der Waals surface area contributed by atoms with Gasteiger partial charge in [-0.15, -0.1) is 0 Å². The fourth-order valence-electron chi connectivity index (χ4n) is 3.27. The van der Waals surface area contributed by atoms with Gasteiger partial charge in [-0.3, -0.25) is 9.69 Å². The molecule has 1 unspecified atom stereocenters. The Morgan fingerprint density at radius 3 is 2.07 bits per heavy atom. The van der Waals surface area contributed by atoms with Crippen LogP contribution >= 0.6 is 0 Å². The van der Waals surface area contributed by atoms with Crippen LogP contribution in [0.5, 0.6) is 11.5 Å². The normalized spacial score (nSPS) is 15.3. The van der Waals surface area contributed by atoms with Crippen molar-refractivity contribution < 1.29 is 23.8 Å². The number of fused-ring (bicyclic) bond motifs is 1. The fraction of sp³-hybridized carbons (Fsp3) is 0.130. The predicted octanol–water partition coefficient (Wildman–Crippen LogP) is 4.22. The lowest BCUT2D eigenvalue weighted by atomic mass is 10.0. The van der Waals surface area contributed by atoms with E-state index in [4.69, 9.17) is 14.2 Å². The lowest BCUT2D eigenvalue weighted by molar-refractivity contribution is 0.0249. The number of esters is 1. The van der Waals surface area contributed by atoms with Crippen molar-refractivity contribution in [1.29, 1.82) is 0 Å². The number of hydrogen-bond acceptors (Lipinski definition) is 5. The number of cyclic esters (lactones) is 1. The molecule has 0 N–H and O–H groups in total. The first-order chi connectivity index (χ1) is 14.1. The summed E-state index contributed by atoms with van der Waals surface area (Å²) in [5.74, 6) is 0.566. The molecular formula is C23H19NO5. The molecule has 146 valence electrons. The Morgan fingerprint density at radius 1 is 0.862 bits per heavy atom. The molecule has 0 bridgehead atoms. The summed E-state index contributed by atoms with van der Waals surface area (Å²) >= 11 is 0. The minimum absolute atomic E-state index is 0.284. The maximum absolute atomic E-state index is 13.4. The average Bonchev–Trinajstić information content (AvgIpc) is 2.79. The third-order valence-electron chi connectivity index (χ3n) is 4.79. The summed E-state index contributed by atoms with van der Waals surface area (Å²) in [7, 11) is 3.14. The Balaban J connectivity index is 1.80. The van der Waals surface area contributed by atoms with Crippen molar-refractivity contribution in [2.75, 3.05) is 19.1 Å². The van der Waals surface area contributed by atoms with Gasteiger partial charge < -0.3 is 14.2 Å². The second-order valence-electron chi connectivity index (χ2n) is 6.45. The molecule has 1 aliphatic rings. The number of para-hydroxylation sites is 1. The number of carbonyl (C=O) groups is 2. The second-order valence-corrected chi connectivity index (χ2v) is 6.45. The quantitative estimate of drug-likeness (QED) is 0.625. The van der Waals surface area contributed by atoms with Gasteiger partial charge in [0.25, 0.3) is 5.91 Å². The van der Waals surface area contributed by atoms with Crippen LogP contribution in [-0.4, -0.2) is 26.1 Å². The van der Waals surface area contributed by atoms with E-state index in [9.17, 15) is 9.59 Å². The van der Waals surface area contributed by atoms with Crippen LogP contribution in [0.4, 0.5) is 5.69 Å². The lowest BCUT2D eigenvalue weighted by Gasteiger charge is -2.36. The van der Waals surface area contributed by atoms with Gasteiger partial charge in [-0.2, -0.15) is 0 Å². The zero-order valence-corrected chi connectivity index (χ0v) is 16.0. The Morgan fingerprint density at radius 2 is 1.45 bits per heavy atom. The van der Waals surface area contributed by atoms with Crippen molar-refractivity contribution in [3.8, 4) is 11.5 Å². The van der Waals surface area contributed by atoms with Crippen LogP contribution in [0, 0.1) is 0 Å². The third kappa shape index (κ3) is 3.40. The Bertz CT molecular complexity index is 1040. The molecule has 0 aromatic heterocycles. The standard InChI is InChI=1S/C23H19NO5/c1-27-17-11-7-15(8-12-17)21(25)24-20-6-4-3-5-19(20)23(26)29-22(24)16-9-13-18(28-2)14-10-16/h3-14,22H,1-2H3. The molecular weight excluding hydrogens is 370 g/mol. The smallest absolute Gasteiger partial charge is 0.342 e.